The van der Waals surface area contributed by atoms with Crippen molar-refractivity contribution in [3.63, 3.8) is 0 Å². The van der Waals surface area contributed by atoms with Gasteiger partial charge in [0.1, 0.15) is 6.10 Å². The molecule has 0 radical (unpaired) electrons. The Morgan fingerprint density at radius 1 is 0.929 bits per heavy atom. The minimum absolute atomic E-state index is 0.0265. The second-order valence-electron chi connectivity index (χ2n) is 9.28. The van der Waals surface area contributed by atoms with Crippen LogP contribution < -0.4 is 0 Å². The zero-order chi connectivity index (χ0) is 20.9. The Bertz CT molecular complexity index is 438. The molecule has 28 heavy (non-hydrogen) atoms. The summed E-state index contributed by atoms with van der Waals surface area (Å²) in [5.74, 6) is 0.155. The summed E-state index contributed by atoms with van der Waals surface area (Å²) in [4.78, 5) is 23.9. The molecule has 0 aromatic rings. The van der Waals surface area contributed by atoms with Crippen LogP contribution in [-0.4, -0.2) is 23.1 Å². The van der Waals surface area contributed by atoms with Gasteiger partial charge >= 0.3 is 11.9 Å². The number of unbranched alkanes of at least 4 members (excludes halogenated alkanes) is 2. The Morgan fingerprint density at radius 2 is 1.54 bits per heavy atom. The molecule has 2 unspecified atom stereocenters. The van der Waals surface area contributed by atoms with Crippen LogP contribution in [0.2, 0.25) is 0 Å². The van der Waals surface area contributed by atoms with Gasteiger partial charge in [-0.2, -0.15) is 0 Å². The molecule has 0 amide bonds. The Kier molecular flexibility index (Phi) is 12.5. The monoisotopic (exact) mass is 396 g/mol. The van der Waals surface area contributed by atoms with E-state index in [0.717, 1.165) is 31.6 Å². The second kappa shape index (κ2) is 14.0. The number of carbonyl (C=O) groups excluding carboxylic acids is 1. The summed E-state index contributed by atoms with van der Waals surface area (Å²) in [6.45, 7) is 8.97. The van der Waals surface area contributed by atoms with E-state index >= 15 is 0 Å². The van der Waals surface area contributed by atoms with Crippen molar-refractivity contribution < 1.29 is 19.4 Å². The molecule has 0 aliphatic heterocycles. The van der Waals surface area contributed by atoms with Gasteiger partial charge in [-0.25, -0.2) is 0 Å². The molecule has 0 saturated heterocycles. The van der Waals surface area contributed by atoms with Crippen LogP contribution in [0, 0.1) is 23.7 Å². The number of hydrogen-bond donors (Lipinski definition) is 1. The highest BCUT2D eigenvalue weighted by atomic mass is 16.5. The molecule has 2 atom stereocenters. The van der Waals surface area contributed by atoms with E-state index in [-0.39, 0.29) is 23.9 Å². The fourth-order valence-electron chi connectivity index (χ4n) is 4.34. The third kappa shape index (κ3) is 9.93. The van der Waals surface area contributed by atoms with Gasteiger partial charge < -0.3 is 9.84 Å². The van der Waals surface area contributed by atoms with Crippen LogP contribution in [0.25, 0.3) is 0 Å². The van der Waals surface area contributed by atoms with Crippen LogP contribution in [0.3, 0.4) is 0 Å². The zero-order valence-corrected chi connectivity index (χ0v) is 18.8. The van der Waals surface area contributed by atoms with Crippen molar-refractivity contribution in [3.8, 4) is 0 Å². The lowest BCUT2D eigenvalue weighted by atomic mass is 9.82. The maximum absolute atomic E-state index is 12.7. The lowest BCUT2D eigenvalue weighted by Gasteiger charge is -2.28. The Morgan fingerprint density at radius 3 is 2.07 bits per heavy atom. The van der Waals surface area contributed by atoms with E-state index in [1.165, 1.54) is 32.1 Å². The van der Waals surface area contributed by atoms with Crippen molar-refractivity contribution in [3.05, 3.63) is 0 Å². The number of rotatable bonds is 14. The van der Waals surface area contributed by atoms with Gasteiger partial charge in [0.05, 0.1) is 11.8 Å². The normalized spacial score (nSPS) is 22.0. The number of hydrogen-bond acceptors (Lipinski definition) is 3. The van der Waals surface area contributed by atoms with Crippen LogP contribution in [0.4, 0.5) is 0 Å². The first-order valence-corrected chi connectivity index (χ1v) is 11.8. The maximum atomic E-state index is 12.7. The summed E-state index contributed by atoms with van der Waals surface area (Å²) in [7, 11) is 0. The van der Waals surface area contributed by atoms with Crippen molar-refractivity contribution in [1.82, 2.24) is 0 Å². The molecule has 1 aliphatic rings. The van der Waals surface area contributed by atoms with Crippen molar-refractivity contribution in [2.45, 2.75) is 117 Å². The van der Waals surface area contributed by atoms with Gasteiger partial charge in [0.2, 0.25) is 0 Å². The van der Waals surface area contributed by atoms with Crippen LogP contribution in [-0.2, 0) is 14.3 Å². The fourth-order valence-corrected chi connectivity index (χ4v) is 4.34. The van der Waals surface area contributed by atoms with E-state index < -0.39 is 5.97 Å². The summed E-state index contributed by atoms with van der Waals surface area (Å²) in [5, 5.41) is 9.15. The quantitative estimate of drug-likeness (QED) is 0.265. The molecule has 4 nitrogen and oxygen atoms in total. The fraction of sp³-hybridized carbons (Fsp3) is 0.917. The molecule has 0 heterocycles. The van der Waals surface area contributed by atoms with Gasteiger partial charge in [0.25, 0.3) is 0 Å². The molecule has 1 aliphatic carbocycles. The summed E-state index contributed by atoms with van der Waals surface area (Å²) < 4.78 is 6.02. The number of carbonyl (C=O) groups is 2. The van der Waals surface area contributed by atoms with Crippen molar-refractivity contribution >= 4 is 11.9 Å². The summed E-state index contributed by atoms with van der Waals surface area (Å²) in [5.41, 5.74) is 0. The topological polar surface area (TPSA) is 63.6 Å². The molecule has 1 saturated carbocycles. The highest BCUT2D eigenvalue weighted by Gasteiger charge is 2.32. The van der Waals surface area contributed by atoms with Gasteiger partial charge in [-0.3, -0.25) is 9.59 Å². The van der Waals surface area contributed by atoms with E-state index in [9.17, 15) is 9.59 Å². The van der Waals surface area contributed by atoms with Gasteiger partial charge in [0, 0.05) is 0 Å². The molecule has 0 spiro atoms. The molecule has 0 aromatic heterocycles. The molecule has 164 valence electrons. The van der Waals surface area contributed by atoms with Crippen molar-refractivity contribution in [2.24, 2.45) is 23.7 Å². The molecule has 1 fully saturated rings. The molecule has 0 aromatic carbocycles. The largest absolute Gasteiger partial charge is 0.481 e. The molecule has 1 rings (SSSR count). The first-order valence-electron chi connectivity index (χ1n) is 11.8. The summed E-state index contributed by atoms with van der Waals surface area (Å²) in [6, 6.07) is 0. The lowest BCUT2D eigenvalue weighted by molar-refractivity contribution is -0.158. The smallest absolute Gasteiger partial charge is 0.309 e. The Labute approximate surface area is 172 Å². The van der Waals surface area contributed by atoms with Gasteiger partial charge in [0.15, 0.2) is 0 Å². The van der Waals surface area contributed by atoms with Crippen LogP contribution >= 0.6 is 0 Å². The van der Waals surface area contributed by atoms with Crippen LogP contribution in [0.5, 0.6) is 0 Å². The molecule has 4 heteroatoms. The number of carboxylic acids is 1. The number of carboxylic acid groups (broad SMARTS) is 1. The third-order valence-corrected chi connectivity index (χ3v) is 6.39. The SMILES string of the molecule is CCCCC(CC)CC(CCCCC(C)C)OC(=O)C1CCC(C(=O)O)CC1. The third-order valence-electron chi connectivity index (χ3n) is 6.39. The first-order chi connectivity index (χ1) is 13.4. The standard InChI is InChI=1S/C24H44O4/c1-5-7-11-19(6-2)17-22(12-9-8-10-18(3)4)28-24(27)21-15-13-20(14-16-21)23(25)26/h18-22H,5-17H2,1-4H3,(H,25,26). The van der Waals surface area contributed by atoms with E-state index in [0.29, 0.717) is 31.6 Å². The first kappa shape index (κ1) is 25.0. The minimum Gasteiger partial charge on any atom is -0.481 e. The van der Waals surface area contributed by atoms with Crippen molar-refractivity contribution in [2.75, 3.05) is 0 Å². The number of esters is 1. The Hall–Kier alpha value is -1.06. The van der Waals surface area contributed by atoms with Crippen LogP contribution in [0.15, 0.2) is 0 Å². The highest BCUT2D eigenvalue weighted by molar-refractivity contribution is 5.74. The molecular weight excluding hydrogens is 352 g/mol. The van der Waals surface area contributed by atoms with E-state index in [2.05, 4.69) is 27.7 Å². The average molecular weight is 397 g/mol. The van der Waals surface area contributed by atoms with E-state index in [1.54, 1.807) is 0 Å². The van der Waals surface area contributed by atoms with E-state index in [4.69, 9.17) is 9.84 Å². The van der Waals surface area contributed by atoms with Gasteiger partial charge in [-0.15, -0.1) is 0 Å². The zero-order valence-electron chi connectivity index (χ0n) is 18.8. The predicted octanol–water partition coefficient (Wildman–Crippen LogP) is 6.61. The second-order valence-corrected chi connectivity index (χ2v) is 9.28. The minimum atomic E-state index is -0.725. The molecule has 1 N–H and O–H groups in total. The number of aliphatic carboxylic acids is 1. The highest BCUT2D eigenvalue weighted by Crippen LogP contribution is 2.31. The van der Waals surface area contributed by atoms with Gasteiger partial charge in [-0.1, -0.05) is 66.2 Å². The van der Waals surface area contributed by atoms with Crippen LogP contribution in [0.1, 0.15) is 111 Å². The van der Waals surface area contributed by atoms with Crippen molar-refractivity contribution in [1.29, 1.82) is 0 Å². The Balaban J connectivity index is 2.56. The van der Waals surface area contributed by atoms with E-state index in [1.807, 2.05) is 0 Å². The average Bonchev–Trinajstić information content (AvgIpc) is 2.67. The van der Waals surface area contributed by atoms with Gasteiger partial charge in [-0.05, 0) is 56.8 Å². The lowest BCUT2D eigenvalue weighted by Crippen LogP contribution is -2.30. The number of ether oxygens (including phenoxy) is 1. The summed E-state index contributed by atoms with van der Waals surface area (Å²) in [6.07, 6.45) is 12.8. The molecular formula is C24H44O4. The predicted molar refractivity (Wildman–Crippen MR) is 114 cm³/mol. The molecule has 0 bridgehead atoms. The summed E-state index contributed by atoms with van der Waals surface area (Å²) >= 11 is 0. The maximum Gasteiger partial charge on any atom is 0.309 e.